The molecule has 0 aliphatic heterocycles. The van der Waals surface area contributed by atoms with Crippen LogP contribution in [0.3, 0.4) is 0 Å². The van der Waals surface area contributed by atoms with Gasteiger partial charge in [0, 0.05) is 0 Å². The Morgan fingerprint density at radius 3 is 2.67 bits per heavy atom. The molecular weight excluding hydrogens is 112 g/mol. The Morgan fingerprint density at radius 2 is 2.22 bits per heavy atom. The SMILES string of the molecule is C/C=C/[C@H]1CC[C@H](O)C1. The quantitative estimate of drug-likeness (QED) is 0.530. The molecule has 1 saturated carbocycles. The van der Waals surface area contributed by atoms with Crippen LogP contribution in [-0.4, -0.2) is 11.2 Å². The molecule has 0 aromatic heterocycles. The van der Waals surface area contributed by atoms with Crippen molar-refractivity contribution in [2.75, 3.05) is 0 Å². The van der Waals surface area contributed by atoms with Gasteiger partial charge in [0.05, 0.1) is 6.10 Å². The number of allylic oxidation sites excluding steroid dienone is 2. The van der Waals surface area contributed by atoms with Crippen molar-refractivity contribution in [1.29, 1.82) is 0 Å². The molecule has 0 bridgehead atoms. The fourth-order valence-electron chi connectivity index (χ4n) is 1.44. The highest BCUT2D eigenvalue weighted by molar-refractivity contribution is 4.90. The molecule has 0 unspecified atom stereocenters. The second-order valence-corrected chi connectivity index (χ2v) is 2.75. The van der Waals surface area contributed by atoms with Crippen LogP contribution < -0.4 is 0 Å². The Kier molecular flexibility index (Phi) is 2.29. The molecule has 0 aromatic rings. The molecule has 52 valence electrons. The number of hydrogen-bond acceptors (Lipinski definition) is 1. The van der Waals surface area contributed by atoms with Crippen LogP contribution in [0.5, 0.6) is 0 Å². The fraction of sp³-hybridized carbons (Fsp3) is 0.750. The molecule has 1 aliphatic rings. The van der Waals surface area contributed by atoms with E-state index in [1.807, 2.05) is 6.92 Å². The van der Waals surface area contributed by atoms with Crippen LogP contribution in [0.2, 0.25) is 0 Å². The van der Waals surface area contributed by atoms with Gasteiger partial charge in [-0.15, -0.1) is 0 Å². The molecule has 0 aromatic carbocycles. The van der Waals surface area contributed by atoms with Gasteiger partial charge in [0.15, 0.2) is 0 Å². The van der Waals surface area contributed by atoms with Gasteiger partial charge in [0.2, 0.25) is 0 Å². The smallest absolute Gasteiger partial charge is 0.0546 e. The first-order chi connectivity index (χ1) is 4.33. The summed E-state index contributed by atoms with van der Waals surface area (Å²) >= 11 is 0. The van der Waals surface area contributed by atoms with Gasteiger partial charge in [-0.3, -0.25) is 0 Å². The molecule has 1 heteroatoms. The molecule has 1 aliphatic carbocycles. The summed E-state index contributed by atoms with van der Waals surface area (Å²) in [6.07, 6.45) is 7.38. The maximum atomic E-state index is 9.09. The Morgan fingerprint density at radius 1 is 1.44 bits per heavy atom. The van der Waals surface area contributed by atoms with E-state index in [-0.39, 0.29) is 6.10 Å². The molecule has 1 N–H and O–H groups in total. The molecule has 1 nitrogen and oxygen atoms in total. The lowest BCUT2D eigenvalue weighted by Crippen LogP contribution is -1.97. The van der Waals surface area contributed by atoms with Crippen LogP contribution in [0.25, 0.3) is 0 Å². The van der Waals surface area contributed by atoms with E-state index in [4.69, 9.17) is 5.11 Å². The van der Waals surface area contributed by atoms with E-state index >= 15 is 0 Å². The monoisotopic (exact) mass is 126 g/mol. The van der Waals surface area contributed by atoms with Gasteiger partial charge in [0.1, 0.15) is 0 Å². The minimum absolute atomic E-state index is 0.0220. The van der Waals surface area contributed by atoms with Crippen LogP contribution in [0.4, 0.5) is 0 Å². The summed E-state index contributed by atoms with van der Waals surface area (Å²) in [5, 5.41) is 9.09. The summed E-state index contributed by atoms with van der Waals surface area (Å²) in [7, 11) is 0. The largest absolute Gasteiger partial charge is 0.393 e. The average molecular weight is 126 g/mol. The van der Waals surface area contributed by atoms with Gasteiger partial charge in [0.25, 0.3) is 0 Å². The van der Waals surface area contributed by atoms with Crippen LogP contribution in [-0.2, 0) is 0 Å². The summed E-state index contributed by atoms with van der Waals surface area (Å²) in [5.41, 5.74) is 0. The van der Waals surface area contributed by atoms with Gasteiger partial charge in [-0.2, -0.15) is 0 Å². The first kappa shape index (κ1) is 6.81. The maximum absolute atomic E-state index is 9.09. The van der Waals surface area contributed by atoms with Gasteiger partial charge in [-0.1, -0.05) is 12.2 Å². The predicted octanol–water partition coefficient (Wildman–Crippen LogP) is 1.72. The molecule has 1 rings (SSSR count). The van der Waals surface area contributed by atoms with Crippen molar-refractivity contribution in [3.05, 3.63) is 12.2 Å². The molecule has 1 fully saturated rings. The molecule has 0 saturated heterocycles. The summed E-state index contributed by atoms with van der Waals surface area (Å²) in [6.45, 7) is 2.03. The minimum atomic E-state index is -0.0220. The van der Waals surface area contributed by atoms with E-state index in [9.17, 15) is 0 Å². The first-order valence-electron chi connectivity index (χ1n) is 3.64. The molecular formula is C8H14O. The zero-order valence-electron chi connectivity index (χ0n) is 5.88. The summed E-state index contributed by atoms with van der Waals surface area (Å²) in [4.78, 5) is 0. The first-order valence-corrected chi connectivity index (χ1v) is 3.64. The molecule has 9 heavy (non-hydrogen) atoms. The normalized spacial score (nSPS) is 36.2. The third-order valence-corrected chi connectivity index (χ3v) is 1.91. The summed E-state index contributed by atoms with van der Waals surface area (Å²) < 4.78 is 0. The van der Waals surface area contributed by atoms with Crippen LogP contribution >= 0.6 is 0 Å². The standard InChI is InChI=1S/C8H14O/c1-2-3-7-4-5-8(9)6-7/h2-3,7-9H,4-6H2,1H3/b3-2+/t7-,8-/m0/s1. The molecule has 2 atom stereocenters. The van der Waals surface area contributed by atoms with Gasteiger partial charge in [-0.05, 0) is 32.1 Å². The lowest BCUT2D eigenvalue weighted by atomic mass is 10.1. The Balaban J connectivity index is 2.30. The van der Waals surface area contributed by atoms with Crippen molar-refractivity contribution in [2.45, 2.75) is 32.3 Å². The zero-order valence-corrected chi connectivity index (χ0v) is 5.88. The van der Waals surface area contributed by atoms with Crippen molar-refractivity contribution in [2.24, 2.45) is 5.92 Å². The highest BCUT2D eigenvalue weighted by Crippen LogP contribution is 2.25. The Hall–Kier alpha value is -0.300. The zero-order chi connectivity index (χ0) is 6.69. The average Bonchev–Trinajstić information content (AvgIpc) is 2.17. The topological polar surface area (TPSA) is 20.2 Å². The predicted molar refractivity (Wildman–Crippen MR) is 38.2 cm³/mol. The lowest BCUT2D eigenvalue weighted by Gasteiger charge is -1.99. The summed E-state index contributed by atoms with van der Waals surface area (Å²) in [6, 6.07) is 0. The number of hydrogen-bond donors (Lipinski definition) is 1. The highest BCUT2D eigenvalue weighted by atomic mass is 16.3. The highest BCUT2D eigenvalue weighted by Gasteiger charge is 2.19. The Bertz CT molecular complexity index is 107. The van der Waals surface area contributed by atoms with E-state index in [2.05, 4.69) is 12.2 Å². The van der Waals surface area contributed by atoms with E-state index in [1.165, 1.54) is 6.42 Å². The maximum Gasteiger partial charge on any atom is 0.0546 e. The van der Waals surface area contributed by atoms with E-state index in [0.717, 1.165) is 12.8 Å². The Labute approximate surface area is 56.4 Å². The van der Waals surface area contributed by atoms with E-state index < -0.39 is 0 Å². The molecule has 0 amide bonds. The fourth-order valence-corrected chi connectivity index (χ4v) is 1.44. The summed E-state index contributed by atoms with van der Waals surface area (Å²) in [5.74, 6) is 0.657. The van der Waals surface area contributed by atoms with Crippen LogP contribution in [0, 0.1) is 5.92 Å². The molecule has 0 heterocycles. The lowest BCUT2D eigenvalue weighted by molar-refractivity contribution is 0.180. The van der Waals surface area contributed by atoms with Crippen molar-refractivity contribution >= 4 is 0 Å². The third-order valence-electron chi connectivity index (χ3n) is 1.91. The van der Waals surface area contributed by atoms with Crippen molar-refractivity contribution in [3.8, 4) is 0 Å². The van der Waals surface area contributed by atoms with Gasteiger partial charge in [-0.25, -0.2) is 0 Å². The molecule has 0 spiro atoms. The number of aliphatic hydroxyl groups excluding tert-OH is 1. The second-order valence-electron chi connectivity index (χ2n) is 2.75. The van der Waals surface area contributed by atoms with E-state index in [0.29, 0.717) is 5.92 Å². The van der Waals surface area contributed by atoms with E-state index in [1.54, 1.807) is 0 Å². The van der Waals surface area contributed by atoms with Gasteiger partial charge >= 0.3 is 0 Å². The third kappa shape index (κ3) is 1.83. The molecule has 0 radical (unpaired) electrons. The van der Waals surface area contributed by atoms with Gasteiger partial charge < -0.3 is 5.11 Å². The van der Waals surface area contributed by atoms with Crippen molar-refractivity contribution in [1.82, 2.24) is 0 Å². The minimum Gasteiger partial charge on any atom is -0.393 e. The van der Waals surface area contributed by atoms with Crippen LogP contribution in [0.1, 0.15) is 26.2 Å². The van der Waals surface area contributed by atoms with Crippen molar-refractivity contribution in [3.63, 3.8) is 0 Å². The van der Waals surface area contributed by atoms with Crippen molar-refractivity contribution < 1.29 is 5.11 Å². The second kappa shape index (κ2) is 3.02. The van der Waals surface area contributed by atoms with Crippen LogP contribution in [0.15, 0.2) is 12.2 Å². The number of rotatable bonds is 1. The number of aliphatic hydroxyl groups is 1.